The molecule has 0 aliphatic rings. The molecule has 0 spiro atoms. The number of esters is 1. The molecule has 4 heteroatoms. The highest BCUT2D eigenvalue weighted by atomic mass is 16.5. The molecule has 0 atom stereocenters. The number of methoxy groups -OCH3 is 1. The first-order chi connectivity index (χ1) is 6.67. The number of rotatable bonds is 2. The van der Waals surface area contributed by atoms with E-state index in [1.165, 1.54) is 13.3 Å². The molecule has 72 valence electrons. The maximum absolute atomic E-state index is 10.9. The van der Waals surface area contributed by atoms with E-state index < -0.39 is 0 Å². The van der Waals surface area contributed by atoms with E-state index in [-0.39, 0.29) is 12.4 Å². The lowest BCUT2D eigenvalue weighted by Gasteiger charge is -2.01. The molecule has 1 rings (SSSR count). The van der Waals surface area contributed by atoms with Crippen LogP contribution in [0.4, 0.5) is 0 Å². The summed E-state index contributed by atoms with van der Waals surface area (Å²) in [7, 11) is 1.33. The number of ether oxygens (including phenoxy) is 1. The summed E-state index contributed by atoms with van der Waals surface area (Å²) in [6.07, 6.45) is 1.61. The molecule has 0 unspecified atom stereocenters. The molecule has 1 aromatic rings. The average molecular weight is 190 g/mol. The fraction of sp³-hybridized carbons (Fsp3) is 0.300. The van der Waals surface area contributed by atoms with E-state index in [2.05, 4.69) is 9.72 Å². The van der Waals surface area contributed by atoms with E-state index in [1.54, 1.807) is 13.0 Å². The summed E-state index contributed by atoms with van der Waals surface area (Å²) in [6.45, 7) is 1.81. The molecule has 0 saturated carbocycles. The predicted octanol–water partition coefficient (Wildman–Crippen LogP) is 0.977. The number of nitriles is 1. The zero-order valence-electron chi connectivity index (χ0n) is 8.07. The lowest BCUT2D eigenvalue weighted by molar-refractivity contribution is -0.139. The Morgan fingerprint density at radius 1 is 1.71 bits per heavy atom. The van der Waals surface area contributed by atoms with Crippen LogP contribution < -0.4 is 0 Å². The van der Waals surface area contributed by atoms with Crippen LogP contribution in [0.5, 0.6) is 0 Å². The Morgan fingerprint density at radius 3 is 2.93 bits per heavy atom. The summed E-state index contributed by atoms with van der Waals surface area (Å²) in [5.74, 6) is -0.332. The first-order valence-corrected chi connectivity index (χ1v) is 4.10. The van der Waals surface area contributed by atoms with Crippen LogP contribution in [0, 0.1) is 18.3 Å². The molecule has 0 amide bonds. The second-order valence-electron chi connectivity index (χ2n) is 2.86. The van der Waals surface area contributed by atoms with Gasteiger partial charge in [-0.2, -0.15) is 5.26 Å². The van der Waals surface area contributed by atoms with Crippen molar-refractivity contribution in [2.24, 2.45) is 0 Å². The topological polar surface area (TPSA) is 63.0 Å². The maximum Gasteiger partial charge on any atom is 0.311 e. The van der Waals surface area contributed by atoms with Crippen LogP contribution in [0.2, 0.25) is 0 Å². The van der Waals surface area contributed by atoms with Crippen LogP contribution in [-0.4, -0.2) is 18.1 Å². The van der Waals surface area contributed by atoms with Crippen molar-refractivity contribution in [3.05, 3.63) is 29.1 Å². The summed E-state index contributed by atoms with van der Waals surface area (Å²) < 4.78 is 4.51. The molecule has 1 aromatic heterocycles. The minimum absolute atomic E-state index is 0.142. The lowest BCUT2D eigenvalue weighted by Crippen LogP contribution is -2.06. The van der Waals surface area contributed by atoms with Gasteiger partial charge in [-0.1, -0.05) is 0 Å². The second-order valence-corrected chi connectivity index (χ2v) is 2.86. The second kappa shape index (κ2) is 4.38. The summed E-state index contributed by atoms with van der Waals surface area (Å²) in [5, 5.41) is 8.66. The molecule has 0 aliphatic carbocycles. The van der Waals surface area contributed by atoms with Gasteiger partial charge in [0.05, 0.1) is 24.8 Å². The quantitative estimate of drug-likeness (QED) is 0.652. The number of hydrogen-bond acceptors (Lipinski definition) is 4. The van der Waals surface area contributed by atoms with Crippen LogP contribution in [0.25, 0.3) is 0 Å². The fourth-order valence-electron chi connectivity index (χ4n) is 1.05. The largest absolute Gasteiger partial charge is 0.469 e. The van der Waals surface area contributed by atoms with Crippen molar-refractivity contribution in [1.29, 1.82) is 5.26 Å². The Bertz CT molecular complexity index is 394. The van der Waals surface area contributed by atoms with Gasteiger partial charge >= 0.3 is 5.97 Å². The van der Waals surface area contributed by atoms with Gasteiger partial charge in [0, 0.05) is 6.20 Å². The van der Waals surface area contributed by atoms with E-state index in [4.69, 9.17) is 5.26 Å². The minimum Gasteiger partial charge on any atom is -0.469 e. The smallest absolute Gasteiger partial charge is 0.311 e. The van der Waals surface area contributed by atoms with Crippen molar-refractivity contribution in [2.45, 2.75) is 13.3 Å². The molecule has 1 heterocycles. The zero-order chi connectivity index (χ0) is 10.6. The van der Waals surface area contributed by atoms with Crippen molar-refractivity contribution >= 4 is 5.97 Å². The van der Waals surface area contributed by atoms with Crippen LogP contribution in [0.15, 0.2) is 12.3 Å². The van der Waals surface area contributed by atoms with Crippen LogP contribution in [0.1, 0.15) is 16.8 Å². The molecule has 4 nitrogen and oxygen atoms in total. The molecule has 0 radical (unpaired) electrons. The third kappa shape index (κ3) is 2.30. The van der Waals surface area contributed by atoms with E-state index in [9.17, 15) is 4.79 Å². The third-order valence-electron chi connectivity index (χ3n) is 1.84. The van der Waals surface area contributed by atoms with E-state index >= 15 is 0 Å². The standard InChI is InChI=1S/C10H10N2O2/c1-7-3-9(4-10(13)14-2)12-6-8(7)5-11/h3,6H,4H2,1-2H3. The number of aromatic nitrogens is 1. The fourth-order valence-corrected chi connectivity index (χ4v) is 1.05. The van der Waals surface area contributed by atoms with Gasteiger partial charge in [0.15, 0.2) is 0 Å². The predicted molar refractivity (Wildman–Crippen MR) is 49.4 cm³/mol. The summed E-state index contributed by atoms with van der Waals surface area (Å²) in [5.41, 5.74) is 1.97. The Morgan fingerprint density at radius 2 is 2.43 bits per heavy atom. The molecular weight excluding hydrogens is 180 g/mol. The molecule has 0 aromatic carbocycles. The Labute approximate surface area is 82.1 Å². The van der Waals surface area contributed by atoms with Gasteiger partial charge in [0.2, 0.25) is 0 Å². The van der Waals surface area contributed by atoms with Gasteiger partial charge in [-0.15, -0.1) is 0 Å². The average Bonchev–Trinajstić information content (AvgIpc) is 2.18. The molecule has 14 heavy (non-hydrogen) atoms. The number of hydrogen-bond donors (Lipinski definition) is 0. The Hall–Kier alpha value is -1.89. The monoisotopic (exact) mass is 190 g/mol. The first-order valence-electron chi connectivity index (χ1n) is 4.10. The van der Waals surface area contributed by atoms with E-state index in [0.717, 1.165) is 5.56 Å². The zero-order valence-corrected chi connectivity index (χ0v) is 8.07. The maximum atomic E-state index is 10.9. The van der Waals surface area contributed by atoms with Crippen molar-refractivity contribution < 1.29 is 9.53 Å². The highest BCUT2D eigenvalue weighted by molar-refractivity contribution is 5.71. The summed E-state index contributed by atoms with van der Waals surface area (Å²) in [6, 6.07) is 3.73. The van der Waals surface area contributed by atoms with Crippen molar-refractivity contribution in [2.75, 3.05) is 7.11 Å². The van der Waals surface area contributed by atoms with Crippen LogP contribution >= 0.6 is 0 Å². The summed E-state index contributed by atoms with van der Waals surface area (Å²) in [4.78, 5) is 14.9. The van der Waals surface area contributed by atoms with Crippen LogP contribution in [0.3, 0.4) is 0 Å². The molecule has 0 N–H and O–H groups in total. The molecule has 0 aliphatic heterocycles. The van der Waals surface area contributed by atoms with Crippen molar-refractivity contribution in [1.82, 2.24) is 4.98 Å². The lowest BCUT2D eigenvalue weighted by atomic mass is 10.1. The van der Waals surface area contributed by atoms with Crippen LogP contribution in [-0.2, 0) is 16.0 Å². The van der Waals surface area contributed by atoms with Gasteiger partial charge in [-0.3, -0.25) is 9.78 Å². The molecular formula is C10H10N2O2. The Kier molecular flexibility index (Phi) is 3.19. The normalized spacial score (nSPS) is 9.21. The van der Waals surface area contributed by atoms with Gasteiger partial charge in [0.25, 0.3) is 0 Å². The SMILES string of the molecule is COC(=O)Cc1cc(C)c(C#N)cn1. The van der Waals surface area contributed by atoms with Gasteiger partial charge in [-0.25, -0.2) is 0 Å². The number of carbonyl (C=O) groups excluding carboxylic acids is 1. The van der Waals surface area contributed by atoms with E-state index in [0.29, 0.717) is 11.3 Å². The number of pyridine rings is 1. The molecule has 0 saturated heterocycles. The number of aryl methyl sites for hydroxylation is 1. The minimum atomic E-state index is -0.332. The van der Waals surface area contributed by atoms with Crippen molar-refractivity contribution in [3.8, 4) is 6.07 Å². The molecule has 0 bridgehead atoms. The third-order valence-corrected chi connectivity index (χ3v) is 1.84. The molecule has 0 fully saturated rings. The van der Waals surface area contributed by atoms with Gasteiger partial charge < -0.3 is 4.74 Å². The first kappa shape index (κ1) is 10.2. The Balaban J connectivity index is 2.88. The highest BCUT2D eigenvalue weighted by Gasteiger charge is 2.05. The number of nitrogens with zero attached hydrogens (tertiary/aromatic N) is 2. The van der Waals surface area contributed by atoms with Gasteiger partial charge in [0.1, 0.15) is 6.07 Å². The number of carbonyl (C=O) groups is 1. The summed E-state index contributed by atoms with van der Waals surface area (Å²) >= 11 is 0. The highest BCUT2D eigenvalue weighted by Crippen LogP contribution is 2.07. The van der Waals surface area contributed by atoms with E-state index in [1.807, 2.05) is 6.07 Å². The van der Waals surface area contributed by atoms with Gasteiger partial charge in [-0.05, 0) is 18.6 Å². The van der Waals surface area contributed by atoms with Crippen molar-refractivity contribution in [3.63, 3.8) is 0 Å².